The molecule has 88 valence electrons. The normalized spacial score (nSPS) is 22.1. The minimum Gasteiger partial charge on any atom is -0.308 e. The molecule has 1 aliphatic heterocycles. The van der Waals surface area contributed by atoms with Gasteiger partial charge < -0.3 is 5.32 Å². The molecule has 0 spiro atoms. The molecule has 1 aromatic carbocycles. The first kappa shape index (κ1) is 11.8. The molecule has 0 saturated carbocycles. The lowest BCUT2D eigenvalue weighted by Crippen LogP contribution is -2.46. The summed E-state index contributed by atoms with van der Waals surface area (Å²) in [6.45, 7) is 0.657. The van der Waals surface area contributed by atoms with Crippen molar-refractivity contribution in [2.75, 3.05) is 6.54 Å². The van der Waals surface area contributed by atoms with E-state index in [9.17, 15) is 8.78 Å². The lowest BCUT2D eigenvalue weighted by molar-refractivity contribution is -0.0511. The minimum absolute atomic E-state index is 0.0731. The van der Waals surface area contributed by atoms with E-state index in [2.05, 4.69) is 5.32 Å². The number of rotatable bonds is 2. The quantitative estimate of drug-likeness (QED) is 0.840. The summed E-state index contributed by atoms with van der Waals surface area (Å²) in [5.74, 6) is -2.89. The first-order chi connectivity index (χ1) is 7.62. The van der Waals surface area contributed by atoms with Gasteiger partial charge in [0.05, 0.1) is 6.04 Å². The highest BCUT2D eigenvalue weighted by Crippen LogP contribution is 2.38. The average Bonchev–Trinajstić information content (AvgIpc) is 2.30. The lowest BCUT2D eigenvalue weighted by atomic mass is 9.94. The van der Waals surface area contributed by atoms with Crippen molar-refractivity contribution in [3.8, 4) is 0 Å². The second-order valence-electron chi connectivity index (χ2n) is 4.11. The summed E-state index contributed by atoms with van der Waals surface area (Å²) >= 11 is 5.82. The Morgan fingerprint density at radius 2 is 2.00 bits per heavy atom. The summed E-state index contributed by atoms with van der Waals surface area (Å²) in [6.07, 6.45) is 2.31. The summed E-state index contributed by atoms with van der Waals surface area (Å²) in [5.41, 5.74) is -0.0731. The van der Waals surface area contributed by atoms with E-state index in [1.807, 2.05) is 0 Å². The predicted octanol–water partition coefficient (Wildman–Crippen LogP) is 3.57. The van der Waals surface area contributed by atoms with E-state index in [0.717, 1.165) is 12.8 Å². The minimum atomic E-state index is -2.89. The molecule has 4 heteroatoms. The van der Waals surface area contributed by atoms with Crippen LogP contribution in [0.4, 0.5) is 8.78 Å². The fourth-order valence-corrected chi connectivity index (χ4v) is 2.34. The van der Waals surface area contributed by atoms with Gasteiger partial charge in [-0.05, 0) is 25.5 Å². The van der Waals surface area contributed by atoms with E-state index in [0.29, 0.717) is 13.0 Å². The number of hydrogen-bond acceptors (Lipinski definition) is 1. The molecular weight excluding hydrogens is 232 g/mol. The Bertz CT molecular complexity index is 362. The van der Waals surface area contributed by atoms with E-state index in [1.165, 1.54) is 12.1 Å². The van der Waals surface area contributed by atoms with Crippen LogP contribution in [0.1, 0.15) is 24.8 Å². The van der Waals surface area contributed by atoms with Crippen molar-refractivity contribution in [1.82, 2.24) is 5.32 Å². The second kappa shape index (κ2) is 4.68. The average molecular weight is 246 g/mol. The summed E-state index contributed by atoms with van der Waals surface area (Å²) < 4.78 is 28.3. The Balaban J connectivity index is 2.26. The van der Waals surface area contributed by atoms with E-state index in [-0.39, 0.29) is 10.6 Å². The van der Waals surface area contributed by atoms with Crippen molar-refractivity contribution in [1.29, 1.82) is 0 Å². The Morgan fingerprint density at radius 3 is 2.62 bits per heavy atom. The van der Waals surface area contributed by atoms with Crippen LogP contribution in [-0.2, 0) is 5.92 Å². The largest absolute Gasteiger partial charge is 0.308 e. The van der Waals surface area contributed by atoms with Crippen molar-refractivity contribution in [3.05, 3.63) is 34.9 Å². The molecule has 2 rings (SSSR count). The van der Waals surface area contributed by atoms with Gasteiger partial charge in [0, 0.05) is 10.6 Å². The van der Waals surface area contributed by atoms with Crippen LogP contribution in [-0.4, -0.2) is 12.6 Å². The Hall–Kier alpha value is -0.670. The number of benzene rings is 1. The molecule has 0 radical (unpaired) electrons. The maximum atomic E-state index is 14.2. The van der Waals surface area contributed by atoms with Crippen molar-refractivity contribution in [3.63, 3.8) is 0 Å². The van der Waals surface area contributed by atoms with Crippen LogP contribution >= 0.6 is 11.6 Å². The van der Waals surface area contributed by atoms with Crippen LogP contribution in [0.2, 0.25) is 5.02 Å². The first-order valence-corrected chi connectivity index (χ1v) is 5.86. The fraction of sp³-hybridized carbons (Fsp3) is 0.500. The molecule has 1 N–H and O–H groups in total. The molecule has 1 saturated heterocycles. The molecule has 1 aliphatic rings. The molecule has 1 heterocycles. The Labute approximate surface area is 98.8 Å². The first-order valence-electron chi connectivity index (χ1n) is 5.48. The number of nitrogens with one attached hydrogen (secondary N) is 1. The van der Waals surface area contributed by atoms with Crippen LogP contribution in [0.5, 0.6) is 0 Å². The van der Waals surface area contributed by atoms with Crippen LogP contribution < -0.4 is 5.32 Å². The zero-order valence-electron chi connectivity index (χ0n) is 8.85. The molecule has 1 atom stereocenters. The van der Waals surface area contributed by atoms with Crippen molar-refractivity contribution in [2.45, 2.75) is 31.2 Å². The zero-order chi connectivity index (χ0) is 11.6. The van der Waals surface area contributed by atoms with E-state index < -0.39 is 12.0 Å². The van der Waals surface area contributed by atoms with Crippen LogP contribution in [0.25, 0.3) is 0 Å². The summed E-state index contributed by atoms with van der Waals surface area (Å²) in [6, 6.07) is 5.38. The molecule has 1 fully saturated rings. The molecule has 1 unspecified atom stereocenters. The SMILES string of the molecule is FC(F)(c1ccccc1Cl)C1CCCCN1. The van der Waals surface area contributed by atoms with Crippen LogP contribution in [0, 0.1) is 0 Å². The van der Waals surface area contributed by atoms with Crippen molar-refractivity contribution in [2.24, 2.45) is 0 Å². The van der Waals surface area contributed by atoms with Gasteiger partial charge in [-0.25, -0.2) is 0 Å². The standard InChI is InChI=1S/C12H14ClF2N/c13-10-6-2-1-5-9(10)12(14,15)11-7-3-4-8-16-11/h1-2,5-6,11,16H,3-4,7-8H2. The van der Waals surface area contributed by atoms with Gasteiger partial charge in [-0.15, -0.1) is 0 Å². The molecule has 0 bridgehead atoms. The van der Waals surface area contributed by atoms with Gasteiger partial charge >= 0.3 is 0 Å². The molecule has 1 aromatic rings. The number of alkyl halides is 2. The Morgan fingerprint density at radius 1 is 1.25 bits per heavy atom. The summed E-state index contributed by atoms with van der Waals surface area (Å²) in [7, 11) is 0. The van der Waals surface area contributed by atoms with Gasteiger partial charge in [-0.1, -0.05) is 36.2 Å². The lowest BCUT2D eigenvalue weighted by Gasteiger charge is -2.31. The van der Waals surface area contributed by atoms with Crippen LogP contribution in [0.3, 0.4) is 0 Å². The van der Waals surface area contributed by atoms with Gasteiger partial charge in [-0.2, -0.15) is 8.78 Å². The van der Waals surface area contributed by atoms with Crippen molar-refractivity contribution >= 4 is 11.6 Å². The number of halogens is 3. The van der Waals surface area contributed by atoms with Gasteiger partial charge in [0.15, 0.2) is 0 Å². The third-order valence-electron chi connectivity index (χ3n) is 2.98. The zero-order valence-corrected chi connectivity index (χ0v) is 9.61. The van der Waals surface area contributed by atoms with Gasteiger partial charge in [0.1, 0.15) is 0 Å². The van der Waals surface area contributed by atoms with Crippen LogP contribution in [0.15, 0.2) is 24.3 Å². The topological polar surface area (TPSA) is 12.0 Å². The van der Waals surface area contributed by atoms with E-state index in [4.69, 9.17) is 11.6 Å². The highest BCUT2D eigenvalue weighted by Gasteiger charge is 2.42. The molecule has 1 nitrogen and oxygen atoms in total. The monoisotopic (exact) mass is 245 g/mol. The predicted molar refractivity (Wildman–Crippen MR) is 61.0 cm³/mol. The molecule has 0 amide bonds. The molecule has 0 aromatic heterocycles. The molecule has 0 aliphatic carbocycles. The van der Waals surface area contributed by atoms with Gasteiger partial charge in [0.2, 0.25) is 0 Å². The third-order valence-corrected chi connectivity index (χ3v) is 3.31. The maximum Gasteiger partial charge on any atom is 0.289 e. The maximum absolute atomic E-state index is 14.2. The van der Waals surface area contributed by atoms with E-state index in [1.54, 1.807) is 12.1 Å². The van der Waals surface area contributed by atoms with Crippen molar-refractivity contribution < 1.29 is 8.78 Å². The van der Waals surface area contributed by atoms with E-state index >= 15 is 0 Å². The second-order valence-corrected chi connectivity index (χ2v) is 4.51. The smallest absolute Gasteiger partial charge is 0.289 e. The summed E-state index contributed by atoms with van der Waals surface area (Å²) in [5, 5.41) is 3.02. The number of hydrogen-bond donors (Lipinski definition) is 1. The number of piperidine rings is 1. The Kier molecular flexibility index (Phi) is 3.45. The van der Waals surface area contributed by atoms with Gasteiger partial charge in [0.25, 0.3) is 5.92 Å². The fourth-order valence-electron chi connectivity index (χ4n) is 2.08. The molecular formula is C12H14ClF2N. The summed E-state index contributed by atoms with van der Waals surface area (Å²) in [4.78, 5) is 0. The third kappa shape index (κ3) is 2.20. The highest BCUT2D eigenvalue weighted by molar-refractivity contribution is 6.31. The molecule has 16 heavy (non-hydrogen) atoms. The highest BCUT2D eigenvalue weighted by atomic mass is 35.5. The van der Waals surface area contributed by atoms with Gasteiger partial charge in [-0.3, -0.25) is 0 Å².